The summed E-state index contributed by atoms with van der Waals surface area (Å²) >= 11 is 0. The van der Waals surface area contributed by atoms with Crippen LogP contribution in [0.4, 0.5) is 5.82 Å². The monoisotopic (exact) mass is 246 g/mol. The highest BCUT2D eigenvalue weighted by Gasteiger charge is 2.40. The van der Waals surface area contributed by atoms with Crippen molar-refractivity contribution in [2.24, 2.45) is 5.73 Å². The van der Waals surface area contributed by atoms with E-state index in [2.05, 4.69) is 9.88 Å². The minimum absolute atomic E-state index is 0.0473. The van der Waals surface area contributed by atoms with Crippen molar-refractivity contribution in [2.75, 3.05) is 4.90 Å². The molecule has 2 saturated heterocycles. The molecule has 2 unspecified atom stereocenters. The number of piperidine rings is 1. The number of nitrogen functional groups attached to an aromatic ring is 1. The van der Waals surface area contributed by atoms with Crippen LogP contribution in [0.3, 0.4) is 0 Å². The molecule has 3 heterocycles. The van der Waals surface area contributed by atoms with Gasteiger partial charge in [-0.05, 0) is 37.8 Å². The zero-order valence-corrected chi connectivity index (χ0v) is 10.2. The molecule has 0 spiro atoms. The molecule has 2 atom stereocenters. The third kappa shape index (κ3) is 1.84. The zero-order chi connectivity index (χ0) is 12.7. The first-order chi connectivity index (χ1) is 8.65. The lowest BCUT2D eigenvalue weighted by atomic mass is 10.00. The van der Waals surface area contributed by atoms with E-state index in [9.17, 15) is 5.11 Å². The number of aliphatic hydroxyl groups excluding tert-OH is 1. The van der Waals surface area contributed by atoms with Crippen LogP contribution in [0, 0.1) is 5.41 Å². The molecule has 0 radical (unpaired) electrons. The van der Waals surface area contributed by atoms with Crippen LogP contribution in [0.1, 0.15) is 31.2 Å². The molecule has 1 aromatic heterocycles. The van der Waals surface area contributed by atoms with Crippen LogP contribution in [0.15, 0.2) is 18.3 Å². The molecule has 5 heteroatoms. The minimum atomic E-state index is -0.157. The first kappa shape index (κ1) is 11.5. The number of nitrogens with one attached hydrogen (secondary N) is 1. The predicted molar refractivity (Wildman–Crippen MR) is 69.8 cm³/mol. The SMILES string of the molecule is N=C(N)c1ccc(N2C3CCC2CC(O)C3)nc1. The number of fused-ring (bicyclic) bond motifs is 2. The topological polar surface area (TPSA) is 86.2 Å². The van der Waals surface area contributed by atoms with Gasteiger partial charge in [-0.25, -0.2) is 4.98 Å². The number of hydrogen-bond acceptors (Lipinski definition) is 4. The van der Waals surface area contributed by atoms with Gasteiger partial charge in [0.1, 0.15) is 11.7 Å². The minimum Gasteiger partial charge on any atom is -0.393 e. The fraction of sp³-hybridized carbons (Fsp3) is 0.538. The van der Waals surface area contributed by atoms with E-state index >= 15 is 0 Å². The van der Waals surface area contributed by atoms with Gasteiger partial charge in [-0.1, -0.05) is 0 Å². The number of amidine groups is 1. The lowest BCUT2D eigenvalue weighted by molar-refractivity contribution is 0.126. The van der Waals surface area contributed by atoms with Gasteiger partial charge in [0.2, 0.25) is 0 Å². The third-order valence-electron chi connectivity index (χ3n) is 4.03. The second-order valence-electron chi connectivity index (χ2n) is 5.24. The molecule has 96 valence electrons. The Bertz CT molecular complexity index is 445. The zero-order valence-electron chi connectivity index (χ0n) is 10.2. The van der Waals surface area contributed by atoms with Gasteiger partial charge in [0.15, 0.2) is 0 Å². The van der Waals surface area contributed by atoms with E-state index in [0.717, 1.165) is 31.5 Å². The van der Waals surface area contributed by atoms with Crippen molar-refractivity contribution in [3.63, 3.8) is 0 Å². The van der Waals surface area contributed by atoms with Crippen molar-refractivity contribution in [3.8, 4) is 0 Å². The summed E-state index contributed by atoms with van der Waals surface area (Å²) in [5, 5.41) is 17.1. The third-order valence-corrected chi connectivity index (χ3v) is 4.03. The van der Waals surface area contributed by atoms with Gasteiger partial charge in [0.25, 0.3) is 0 Å². The number of nitrogens with two attached hydrogens (primary N) is 1. The average molecular weight is 246 g/mol. The van der Waals surface area contributed by atoms with Gasteiger partial charge in [-0.2, -0.15) is 0 Å². The molecule has 0 aromatic carbocycles. The number of nitrogens with zero attached hydrogens (tertiary/aromatic N) is 2. The molecule has 0 amide bonds. The van der Waals surface area contributed by atoms with Crippen LogP contribution >= 0.6 is 0 Å². The fourth-order valence-corrected chi connectivity index (χ4v) is 3.22. The van der Waals surface area contributed by atoms with Gasteiger partial charge in [0.05, 0.1) is 6.10 Å². The maximum absolute atomic E-state index is 9.78. The van der Waals surface area contributed by atoms with E-state index in [1.54, 1.807) is 6.20 Å². The molecule has 0 aliphatic carbocycles. The van der Waals surface area contributed by atoms with Crippen molar-refractivity contribution in [1.82, 2.24) is 4.98 Å². The number of pyridine rings is 1. The van der Waals surface area contributed by atoms with Gasteiger partial charge >= 0.3 is 0 Å². The van der Waals surface area contributed by atoms with E-state index in [1.165, 1.54) is 0 Å². The second-order valence-corrected chi connectivity index (χ2v) is 5.24. The molecular weight excluding hydrogens is 228 g/mol. The summed E-state index contributed by atoms with van der Waals surface area (Å²) in [6, 6.07) is 4.60. The highest BCUT2D eigenvalue weighted by atomic mass is 16.3. The van der Waals surface area contributed by atoms with Gasteiger partial charge in [-0.3, -0.25) is 5.41 Å². The Hall–Kier alpha value is -1.62. The number of aromatic nitrogens is 1. The average Bonchev–Trinajstić information content (AvgIpc) is 2.62. The van der Waals surface area contributed by atoms with E-state index in [0.29, 0.717) is 17.6 Å². The number of rotatable bonds is 2. The Morgan fingerprint density at radius 2 is 2.00 bits per heavy atom. The Morgan fingerprint density at radius 3 is 2.50 bits per heavy atom. The standard InChI is InChI=1S/C13H18N4O/c14-13(15)8-1-4-12(16-7-8)17-9-2-3-10(17)6-11(18)5-9/h1,4,7,9-11,18H,2-3,5-6H2,(H3,14,15). The van der Waals surface area contributed by atoms with E-state index in [1.807, 2.05) is 12.1 Å². The molecule has 3 rings (SSSR count). The Labute approximate surface area is 106 Å². The van der Waals surface area contributed by atoms with Crippen molar-refractivity contribution in [3.05, 3.63) is 23.9 Å². The smallest absolute Gasteiger partial charge is 0.129 e. The molecular formula is C13H18N4O. The maximum Gasteiger partial charge on any atom is 0.129 e. The quantitative estimate of drug-likeness (QED) is 0.533. The summed E-state index contributed by atoms with van der Waals surface area (Å²) in [7, 11) is 0. The molecule has 2 aliphatic rings. The molecule has 2 aliphatic heterocycles. The fourth-order valence-electron chi connectivity index (χ4n) is 3.22. The summed E-state index contributed by atoms with van der Waals surface area (Å²) in [4.78, 5) is 6.74. The summed E-state index contributed by atoms with van der Waals surface area (Å²) in [6.07, 6.45) is 5.45. The van der Waals surface area contributed by atoms with Crippen molar-refractivity contribution in [1.29, 1.82) is 5.41 Å². The van der Waals surface area contributed by atoms with Crippen LogP contribution in [0.2, 0.25) is 0 Å². The Morgan fingerprint density at radius 1 is 1.33 bits per heavy atom. The maximum atomic E-state index is 9.78. The molecule has 5 nitrogen and oxygen atoms in total. The highest BCUT2D eigenvalue weighted by Crippen LogP contribution is 2.38. The van der Waals surface area contributed by atoms with Crippen LogP contribution < -0.4 is 10.6 Å². The molecule has 18 heavy (non-hydrogen) atoms. The summed E-state index contributed by atoms with van der Waals surface area (Å²) < 4.78 is 0. The molecule has 0 saturated carbocycles. The van der Waals surface area contributed by atoms with Crippen molar-refractivity contribution < 1.29 is 5.11 Å². The summed E-state index contributed by atoms with van der Waals surface area (Å²) in [6.45, 7) is 0. The first-order valence-electron chi connectivity index (χ1n) is 6.42. The summed E-state index contributed by atoms with van der Waals surface area (Å²) in [5.41, 5.74) is 6.08. The van der Waals surface area contributed by atoms with Crippen LogP contribution in [-0.4, -0.2) is 34.1 Å². The molecule has 2 bridgehead atoms. The van der Waals surface area contributed by atoms with Crippen LogP contribution in [-0.2, 0) is 0 Å². The number of anilines is 1. The molecule has 2 fully saturated rings. The van der Waals surface area contributed by atoms with Gasteiger partial charge in [0, 0.05) is 23.8 Å². The number of aliphatic hydroxyl groups is 1. The summed E-state index contributed by atoms with van der Waals surface area (Å²) in [5.74, 6) is 0.991. The van der Waals surface area contributed by atoms with Crippen LogP contribution in [0.25, 0.3) is 0 Å². The largest absolute Gasteiger partial charge is 0.393 e. The van der Waals surface area contributed by atoms with Gasteiger partial charge in [-0.15, -0.1) is 0 Å². The lowest BCUT2D eigenvalue weighted by Crippen LogP contribution is -2.45. The van der Waals surface area contributed by atoms with Crippen molar-refractivity contribution >= 4 is 11.7 Å². The Balaban J connectivity index is 1.85. The lowest BCUT2D eigenvalue weighted by Gasteiger charge is -2.38. The molecule has 1 aromatic rings. The second kappa shape index (κ2) is 4.24. The van der Waals surface area contributed by atoms with Crippen molar-refractivity contribution in [2.45, 2.75) is 43.9 Å². The van der Waals surface area contributed by atoms with E-state index < -0.39 is 0 Å². The van der Waals surface area contributed by atoms with E-state index in [4.69, 9.17) is 11.1 Å². The first-order valence-corrected chi connectivity index (χ1v) is 6.42. The van der Waals surface area contributed by atoms with Gasteiger partial charge < -0.3 is 15.7 Å². The number of hydrogen-bond donors (Lipinski definition) is 3. The van der Waals surface area contributed by atoms with Crippen LogP contribution in [0.5, 0.6) is 0 Å². The normalized spacial score (nSPS) is 30.5. The van der Waals surface area contributed by atoms with E-state index in [-0.39, 0.29) is 11.9 Å². The molecule has 4 N–H and O–H groups in total. The predicted octanol–water partition coefficient (Wildman–Crippen LogP) is 0.858. The highest BCUT2D eigenvalue weighted by molar-refractivity contribution is 5.94. The Kier molecular flexibility index (Phi) is 2.70.